The summed E-state index contributed by atoms with van der Waals surface area (Å²) in [7, 11) is 0. The Morgan fingerprint density at radius 2 is 2.36 bits per heavy atom. The number of thiophene rings is 1. The molecule has 0 bridgehead atoms. The highest BCUT2D eigenvalue weighted by molar-refractivity contribution is 7.16. The normalized spacial score (nSPS) is 9.86. The molecule has 3 nitrogen and oxygen atoms in total. The Morgan fingerprint density at radius 1 is 1.50 bits per heavy atom. The van der Waals surface area contributed by atoms with E-state index in [-0.39, 0.29) is 6.61 Å². The third-order valence-corrected chi connectivity index (χ3v) is 2.84. The van der Waals surface area contributed by atoms with E-state index in [4.69, 9.17) is 5.11 Å². The summed E-state index contributed by atoms with van der Waals surface area (Å²) in [6, 6.07) is 0. The summed E-state index contributed by atoms with van der Waals surface area (Å²) in [6.45, 7) is 1.86. The maximum absolute atomic E-state index is 8.61. The fourth-order valence-corrected chi connectivity index (χ4v) is 2.13. The first kappa shape index (κ1) is 9.13. The summed E-state index contributed by atoms with van der Waals surface area (Å²) >= 11 is 1.58. The monoisotopic (exact) mass is 204 g/mol. The summed E-state index contributed by atoms with van der Waals surface area (Å²) < 4.78 is 0. The third kappa shape index (κ3) is 1.48. The van der Waals surface area contributed by atoms with Gasteiger partial charge in [0.2, 0.25) is 0 Å². The molecule has 0 aliphatic carbocycles. The number of aliphatic hydroxyl groups is 1. The second kappa shape index (κ2) is 3.74. The lowest BCUT2D eigenvalue weighted by Gasteiger charge is -1.93. The van der Waals surface area contributed by atoms with Crippen LogP contribution in [0.25, 0.3) is 10.2 Å². The third-order valence-electron chi connectivity index (χ3n) is 1.84. The van der Waals surface area contributed by atoms with Gasteiger partial charge in [0.15, 0.2) is 0 Å². The molecule has 2 aromatic heterocycles. The second-order valence-corrected chi connectivity index (χ2v) is 3.64. The average Bonchev–Trinajstić information content (AvgIpc) is 2.58. The molecule has 70 valence electrons. The Bertz CT molecular complexity index is 522. The van der Waals surface area contributed by atoms with Crippen LogP contribution in [0, 0.1) is 18.8 Å². The Morgan fingerprint density at radius 3 is 3.14 bits per heavy atom. The van der Waals surface area contributed by atoms with Crippen LogP contribution in [-0.4, -0.2) is 21.7 Å². The second-order valence-electron chi connectivity index (χ2n) is 2.78. The van der Waals surface area contributed by atoms with Gasteiger partial charge < -0.3 is 5.11 Å². The quantitative estimate of drug-likeness (QED) is 0.659. The molecule has 2 heterocycles. The van der Waals surface area contributed by atoms with E-state index in [1.54, 1.807) is 11.3 Å². The van der Waals surface area contributed by atoms with Gasteiger partial charge in [-0.15, -0.1) is 11.3 Å². The van der Waals surface area contributed by atoms with Crippen molar-refractivity contribution in [3.05, 3.63) is 23.0 Å². The van der Waals surface area contributed by atoms with Crippen molar-refractivity contribution >= 4 is 21.6 Å². The van der Waals surface area contributed by atoms with Crippen LogP contribution < -0.4 is 0 Å². The number of aliphatic hydroxyl groups excluding tert-OH is 1. The zero-order valence-electron chi connectivity index (χ0n) is 7.61. The predicted molar refractivity (Wildman–Crippen MR) is 56.1 cm³/mol. The Balaban J connectivity index is 2.69. The van der Waals surface area contributed by atoms with E-state index in [0.29, 0.717) is 5.69 Å². The van der Waals surface area contributed by atoms with Crippen molar-refractivity contribution < 1.29 is 5.11 Å². The van der Waals surface area contributed by atoms with E-state index in [0.717, 1.165) is 15.8 Å². The SMILES string of the molecule is Cc1csc2ncnc(C#CCO)c12. The first-order valence-corrected chi connectivity index (χ1v) is 4.99. The summed E-state index contributed by atoms with van der Waals surface area (Å²) in [4.78, 5) is 9.18. The molecule has 0 aliphatic heterocycles. The van der Waals surface area contributed by atoms with E-state index >= 15 is 0 Å². The molecular weight excluding hydrogens is 196 g/mol. The van der Waals surface area contributed by atoms with Crippen LogP contribution in [-0.2, 0) is 0 Å². The van der Waals surface area contributed by atoms with Crippen molar-refractivity contribution in [2.24, 2.45) is 0 Å². The average molecular weight is 204 g/mol. The van der Waals surface area contributed by atoms with Crippen molar-refractivity contribution in [1.29, 1.82) is 0 Å². The van der Waals surface area contributed by atoms with Crippen molar-refractivity contribution in [2.45, 2.75) is 6.92 Å². The van der Waals surface area contributed by atoms with Gasteiger partial charge in [-0.25, -0.2) is 9.97 Å². The molecule has 0 aliphatic rings. The minimum atomic E-state index is -0.144. The van der Waals surface area contributed by atoms with E-state index in [1.807, 2.05) is 12.3 Å². The number of hydrogen-bond donors (Lipinski definition) is 1. The molecular formula is C10H8N2OS. The van der Waals surface area contributed by atoms with Crippen LogP contribution in [0.5, 0.6) is 0 Å². The van der Waals surface area contributed by atoms with Crippen LogP contribution in [0.15, 0.2) is 11.7 Å². The van der Waals surface area contributed by atoms with E-state index in [1.165, 1.54) is 6.33 Å². The minimum absolute atomic E-state index is 0.144. The lowest BCUT2D eigenvalue weighted by Crippen LogP contribution is -1.87. The van der Waals surface area contributed by atoms with Gasteiger partial charge in [-0.3, -0.25) is 0 Å². The van der Waals surface area contributed by atoms with E-state index < -0.39 is 0 Å². The number of rotatable bonds is 0. The molecule has 0 radical (unpaired) electrons. The number of fused-ring (bicyclic) bond motifs is 1. The predicted octanol–water partition coefficient (Wildman–Crippen LogP) is 1.34. The molecule has 0 saturated carbocycles. The van der Waals surface area contributed by atoms with Gasteiger partial charge in [0.25, 0.3) is 0 Å². The molecule has 4 heteroatoms. The van der Waals surface area contributed by atoms with E-state index in [9.17, 15) is 0 Å². The molecule has 0 fully saturated rings. The highest BCUT2D eigenvalue weighted by atomic mass is 32.1. The molecule has 0 atom stereocenters. The molecule has 14 heavy (non-hydrogen) atoms. The number of aryl methyl sites for hydroxylation is 1. The molecule has 0 unspecified atom stereocenters. The number of aromatic nitrogens is 2. The summed E-state index contributed by atoms with van der Waals surface area (Å²) in [5.41, 5.74) is 1.83. The fraction of sp³-hybridized carbons (Fsp3) is 0.200. The summed E-state index contributed by atoms with van der Waals surface area (Å²) in [5, 5.41) is 11.6. The van der Waals surface area contributed by atoms with Crippen LogP contribution >= 0.6 is 11.3 Å². The molecule has 1 N–H and O–H groups in total. The van der Waals surface area contributed by atoms with Crippen molar-refractivity contribution in [3.8, 4) is 11.8 Å². The van der Waals surface area contributed by atoms with Crippen LogP contribution in [0.2, 0.25) is 0 Å². The van der Waals surface area contributed by atoms with Gasteiger partial charge in [-0.2, -0.15) is 0 Å². The Labute approximate surface area is 85.4 Å². The van der Waals surface area contributed by atoms with Gasteiger partial charge in [-0.1, -0.05) is 5.92 Å². The molecule has 0 spiro atoms. The molecule has 0 saturated heterocycles. The van der Waals surface area contributed by atoms with Crippen LogP contribution in [0.3, 0.4) is 0 Å². The number of hydrogen-bond acceptors (Lipinski definition) is 4. The number of nitrogens with zero attached hydrogens (tertiary/aromatic N) is 2. The Kier molecular flexibility index (Phi) is 2.44. The lowest BCUT2D eigenvalue weighted by atomic mass is 10.2. The van der Waals surface area contributed by atoms with Crippen molar-refractivity contribution in [3.63, 3.8) is 0 Å². The molecule has 2 rings (SSSR count). The lowest BCUT2D eigenvalue weighted by molar-refractivity contribution is 0.350. The highest BCUT2D eigenvalue weighted by Gasteiger charge is 2.05. The van der Waals surface area contributed by atoms with Crippen LogP contribution in [0.1, 0.15) is 11.3 Å². The first-order valence-electron chi connectivity index (χ1n) is 4.11. The highest BCUT2D eigenvalue weighted by Crippen LogP contribution is 2.24. The van der Waals surface area contributed by atoms with E-state index in [2.05, 4.69) is 21.8 Å². The Hall–Kier alpha value is -1.44. The van der Waals surface area contributed by atoms with Crippen molar-refractivity contribution in [2.75, 3.05) is 6.61 Å². The summed E-state index contributed by atoms with van der Waals surface area (Å²) in [5.74, 6) is 5.41. The summed E-state index contributed by atoms with van der Waals surface area (Å²) in [6.07, 6.45) is 1.50. The first-order chi connectivity index (χ1) is 6.83. The minimum Gasteiger partial charge on any atom is -0.384 e. The molecule has 0 amide bonds. The fourth-order valence-electron chi connectivity index (χ4n) is 1.24. The zero-order valence-corrected chi connectivity index (χ0v) is 8.43. The van der Waals surface area contributed by atoms with Crippen LogP contribution in [0.4, 0.5) is 0 Å². The van der Waals surface area contributed by atoms with Crippen molar-refractivity contribution in [1.82, 2.24) is 9.97 Å². The van der Waals surface area contributed by atoms with Gasteiger partial charge in [0.1, 0.15) is 23.5 Å². The zero-order chi connectivity index (χ0) is 9.97. The maximum atomic E-state index is 8.61. The topological polar surface area (TPSA) is 46.0 Å². The smallest absolute Gasteiger partial charge is 0.128 e. The molecule has 0 aromatic carbocycles. The van der Waals surface area contributed by atoms with Gasteiger partial charge in [-0.05, 0) is 23.8 Å². The van der Waals surface area contributed by atoms with Gasteiger partial charge in [0.05, 0.1) is 0 Å². The maximum Gasteiger partial charge on any atom is 0.128 e. The van der Waals surface area contributed by atoms with Gasteiger partial charge >= 0.3 is 0 Å². The van der Waals surface area contributed by atoms with Gasteiger partial charge in [0, 0.05) is 5.39 Å². The largest absolute Gasteiger partial charge is 0.384 e. The molecule has 2 aromatic rings. The standard InChI is InChI=1S/C10H8N2OS/c1-7-5-14-10-9(7)8(3-2-4-13)11-6-12-10/h5-6,13H,4H2,1H3.